The second-order valence-electron chi connectivity index (χ2n) is 14.0. The molecule has 0 radical (unpaired) electrons. The highest BCUT2D eigenvalue weighted by Gasteiger charge is 2.65. The van der Waals surface area contributed by atoms with Gasteiger partial charge in [-0.1, -0.05) is 62.7 Å². The average molecular weight is 753 g/mol. The largest absolute Gasteiger partial charge is 0.508 e. The highest BCUT2D eigenvalue weighted by atomic mass is 28.4. The Morgan fingerprint density at radius 2 is 1.74 bits per heavy atom. The van der Waals surface area contributed by atoms with Crippen molar-refractivity contribution in [1.82, 2.24) is 0 Å². The number of ether oxygens (including phenoxy) is 7. The fraction of sp³-hybridized carbons (Fsp3) is 0.429. The van der Waals surface area contributed by atoms with E-state index in [1.807, 2.05) is 37.3 Å². The van der Waals surface area contributed by atoms with Crippen LogP contribution in [-0.2, 0) is 34.7 Å². The van der Waals surface area contributed by atoms with Crippen molar-refractivity contribution >= 4 is 31.2 Å². The van der Waals surface area contributed by atoms with E-state index in [4.69, 9.17) is 37.6 Å². The van der Waals surface area contributed by atoms with Crippen LogP contribution in [0.15, 0.2) is 60.2 Å². The Bertz CT molecular complexity index is 2110. The van der Waals surface area contributed by atoms with Crippen LogP contribution in [0.4, 0.5) is 4.79 Å². The first-order valence-electron chi connectivity index (χ1n) is 18.2. The molecule has 3 aromatic carbocycles. The fourth-order valence-electron chi connectivity index (χ4n) is 7.68. The van der Waals surface area contributed by atoms with Crippen LogP contribution in [-0.4, -0.2) is 82.0 Å². The number of methoxy groups -OCH3 is 2. The van der Waals surface area contributed by atoms with Gasteiger partial charge >= 0.3 is 12.1 Å². The van der Waals surface area contributed by atoms with Crippen molar-refractivity contribution in [2.75, 3.05) is 20.8 Å². The van der Waals surface area contributed by atoms with Crippen molar-refractivity contribution < 1.29 is 52.3 Å². The Morgan fingerprint density at radius 3 is 2.41 bits per heavy atom. The molecule has 282 valence electrons. The third-order valence-electron chi connectivity index (χ3n) is 11.1. The van der Waals surface area contributed by atoms with Gasteiger partial charge in [0.05, 0.1) is 20.8 Å². The topological polar surface area (TPSA) is 132 Å². The minimum absolute atomic E-state index is 0.000569. The third kappa shape index (κ3) is 6.58. The van der Waals surface area contributed by atoms with Gasteiger partial charge < -0.3 is 42.7 Å². The number of rotatable bonds is 13. The molecule has 12 heteroatoms. The third-order valence-corrected chi connectivity index (χ3v) is 15.8. The molecule has 54 heavy (non-hydrogen) atoms. The maximum atomic E-state index is 14.4. The summed E-state index contributed by atoms with van der Waals surface area (Å²) in [5, 5.41) is 12.4. The number of esters is 1. The van der Waals surface area contributed by atoms with E-state index in [0.29, 0.717) is 22.5 Å². The zero-order chi connectivity index (χ0) is 38.3. The number of fused-ring (bicyclic) bond motifs is 3. The lowest BCUT2D eigenvalue weighted by atomic mass is 9.89. The van der Waals surface area contributed by atoms with Gasteiger partial charge in [0, 0.05) is 17.4 Å². The molecule has 11 nitrogen and oxygen atoms in total. The average Bonchev–Trinajstić information content (AvgIpc) is 3.55. The highest BCUT2D eigenvalue weighted by Crippen LogP contribution is 2.48. The lowest BCUT2D eigenvalue weighted by molar-refractivity contribution is -0.113. The van der Waals surface area contributed by atoms with E-state index in [1.165, 1.54) is 6.07 Å². The Balaban J connectivity index is 1.35. The number of benzene rings is 3. The summed E-state index contributed by atoms with van der Waals surface area (Å²) in [6, 6.07) is 16.8. The first kappa shape index (κ1) is 37.3. The van der Waals surface area contributed by atoms with Gasteiger partial charge in [0.2, 0.25) is 5.60 Å². The number of epoxide rings is 1. The molecule has 4 aliphatic rings. The molecule has 0 amide bonds. The van der Waals surface area contributed by atoms with Gasteiger partial charge in [0.1, 0.15) is 41.1 Å². The molecule has 0 aromatic heterocycles. The monoisotopic (exact) mass is 752 g/mol. The van der Waals surface area contributed by atoms with E-state index >= 15 is 0 Å². The van der Waals surface area contributed by atoms with E-state index in [-0.39, 0.29) is 30.9 Å². The van der Waals surface area contributed by atoms with Crippen LogP contribution in [0, 0.1) is 30.6 Å². The Hall–Kier alpha value is -4.98. The summed E-state index contributed by atoms with van der Waals surface area (Å²) in [5.74, 6) is 13.4. The van der Waals surface area contributed by atoms with Gasteiger partial charge in [-0.25, -0.2) is 9.59 Å². The van der Waals surface area contributed by atoms with Crippen molar-refractivity contribution in [3.8, 4) is 40.9 Å². The van der Waals surface area contributed by atoms with E-state index in [1.54, 1.807) is 32.4 Å². The summed E-state index contributed by atoms with van der Waals surface area (Å²) in [4.78, 5) is 26.4. The summed E-state index contributed by atoms with van der Waals surface area (Å²) in [6.45, 7) is 8.45. The van der Waals surface area contributed by atoms with Crippen LogP contribution in [0.25, 0.3) is 10.8 Å². The second kappa shape index (κ2) is 14.7. The summed E-state index contributed by atoms with van der Waals surface area (Å²) in [7, 11) is 0.693. The van der Waals surface area contributed by atoms with Crippen LogP contribution in [0.2, 0.25) is 18.1 Å². The van der Waals surface area contributed by atoms with Crippen LogP contribution in [0.5, 0.6) is 17.2 Å². The second-order valence-corrected chi connectivity index (χ2v) is 18.7. The van der Waals surface area contributed by atoms with E-state index in [0.717, 1.165) is 34.6 Å². The number of aryl methyl sites for hydroxylation is 1. The molecular formula is C42H44O11Si. The van der Waals surface area contributed by atoms with Gasteiger partial charge in [-0.3, -0.25) is 0 Å². The highest BCUT2D eigenvalue weighted by molar-refractivity contribution is 6.73. The van der Waals surface area contributed by atoms with Gasteiger partial charge in [-0.05, 0) is 78.0 Å². The smallest absolute Gasteiger partial charge is 0.507 e. The van der Waals surface area contributed by atoms with Crippen molar-refractivity contribution in [3.63, 3.8) is 0 Å². The molecule has 0 unspecified atom stereocenters. The van der Waals surface area contributed by atoms with Crippen LogP contribution in [0.1, 0.15) is 48.7 Å². The fourth-order valence-corrected chi connectivity index (χ4v) is 10.7. The normalized spacial score (nSPS) is 26.6. The quantitative estimate of drug-likeness (QED) is 0.0860. The number of cyclic esters (lactones) is 2. The molecule has 0 bridgehead atoms. The molecule has 2 aliphatic carbocycles. The minimum atomic E-state index is -2.46. The van der Waals surface area contributed by atoms with E-state index in [9.17, 15) is 14.7 Å². The SMILES string of the molecule is CC[Si](CC)(CC)O[C@]12CC#C[C@H]3O[C@@]3([C@H]3COC(=O)O3)C#CC1=C[C@@H](OC(=O)c1c(O)ccc3c(C)cc(OC)cc13)[C@@H]2OCc1ccc(OC)cc1. The number of hydrogen-bond donors (Lipinski definition) is 1. The van der Waals surface area contributed by atoms with Crippen LogP contribution >= 0.6 is 0 Å². The molecule has 2 saturated heterocycles. The first-order chi connectivity index (χ1) is 26.0. The first-order valence-corrected chi connectivity index (χ1v) is 20.8. The van der Waals surface area contributed by atoms with Gasteiger partial charge in [0.25, 0.3) is 0 Å². The zero-order valence-corrected chi connectivity index (χ0v) is 32.3. The number of carbonyl (C=O) groups excluding carboxylic acids is 2. The predicted molar refractivity (Wildman–Crippen MR) is 201 cm³/mol. The number of carbonyl (C=O) groups is 2. The molecular weight excluding hydrogens is 709 g/mol. The summed E-state index contributed by atoms with van der Waals surface area (Å²) < 4.78 is 48.1. The van der Waals surface area contributed by atoms with E-state index in [2.05, 4.69) is 44.5 Å². The molecule has 2 heterocycles. The maximum absolute atomic E-state index is 14.4. The Morgan fingerprint density at radius 1 is 1.00 bits per heavy atom. The standard InChI is InChI=1S/C42H44O11Si/c1-7-54(8-2,9-3)53-41-19-10-11-35-42(52-35,36-25-49-40(45)51-36)20-18-28(41)22-34(38(41)48-24-27-12-14-29(46-5)15-13-27)50-39(44)37-32-23-30(47-6)21-26(4)31(32)16-17-33(37)43/h12-17,21-23,34-36,38,43H,7-9,19,24-25H2,1-6H3/t34-,35-,36-,38+,41-,42+/m1/s1. The van der Waals surface area contributed by atoms with Gasteiger partial charge in [0.15, 0.2) is 26.6 Å². The summed E-state index contributed by atoms with van der Waals surface area (Å²) in [6.07, 6.45) is -2.14. The molecule has 0 saturated carbocycles. The molecule has 1 N–H and O–H groups in total. The zero-order valence-electron chi connectivity index (χ0n) is 31.3. The molecule has 2 aliphatic heterocycles. The summed E-state index contributed by atoms with van der Waals surface area (Å²) >= 11 is 0. The molecule has 7 rings (SSSR count). The van der Waals surface area contributed by atoms with Crippen molar-refractivity contribution in [1.29, 1.82) is 0 Å². The number of aromatic hydroxyl groups is 1. The lowest BCUT2D eigenvalue weighted by Gasteiger charge is -2.44. The van der Waals surface area contributed by atoms with Crippen LogP contribution < -0.4 is 9.47 Å². The predicted octanol–water partition coefficient (Wildman–Crippen LogP) is 6.77. The lowest BCUT2D eigenvalue weighted by Crippen LogP contribution is -2.56. The van der Waals surface area contributed by atoms with Crippen molar-refractivity contribution in [3.05, 3.63) is 76.9 Å². The maximum Gasteiger partial charge on any atom is 0.508 e. The van der Waals surface area contributed by atoms with Crippen molar-refractivity contribution in [2.45, 2.75) is 94.5 Å². The Kier molecular flexibility index (Phi) is 10.2. The molecule has 0 spiro atoms. The number of hydrogen-bond acceptors (Lipinski definition) is 11. The Labute approximate surface area is 315 Å². The number of phenolic OH excluding ortho intramolecular Hbond substituents is 1. The number of phenols is 1. The van der Waals surface area contributed by atoms with Crippen LogP contribution in [0.3, 0.4) is 0 Å². The van der Waals surface area contributed by atoms with E-state index < -0.39 is 56.1 Å². The molecule has 2 fully saturated rings. The summed E-state index contributed by atoms with van der Waals surface area (Å²) in [5.41, 5.74) is -0.176. The molecule has 6 atom stereocenters. The van der Waals surface area contributed by atoms with Gasteiger partial charge in [-0.2, -0.15) is 0 Å². The molecule has 3 aromatic rings. The van der Waals surface area contributed by atoms with Gasteiger partial charge in [-0.15, -0.1) is 0 Å². The van der Waals surface area contributed by atoms with Crippen molar-refractivity contribution in [2.24, 2.45) is 0 Å². The minimum Gasteiger partial charge on any atom is -0.507 e.